The molecule has 0 aliphatic carbocycles. The lowest BCUT2D eigenvalue weighted by molar-refractivity contribution is -0.441. The Morgan fingerprint density at radius 1 is 0.833 bits per heavy atom. The predicted molar refractivity (Wildman–Crippen MR) is 250 cm³/mol. The number of carboxylic acids is 1. The van der Waals surface area contributed by atoms with Crippen molar-refractivity contribution in [2.45, 2.75) is 73.5 Å². The van der Waals surface area contributed by atoms with Gasteiger partial charge in [-0.2, -0.15) is 21.4 Å². The van der Waals surface area contributed by atoms with Crippen LogP contribution in [0.25, 0.3) is 0 Å². The molecule has 0 spiro atoms. The molecule has 5 N–H and O–H groups in total. The molecule has 2 aliphatic heterocycles. The van der Waals surface area contributed by atoms with Gasteiger partial charge >= 0.3 is 5.97 Å². The zero-order valence-corrected chi connectivity index (χ0v) is 41.1. The summed E-state index contributed by atoms with van der Waals surface area (Å²) in [5.74, 6) is -2.87. The maximum absolute atomic E-state index is 13.4. The fourth-order valence-electron chi connectivity index (χ4n) is 8.36. The third kappa shape index (κ3) is 14.6. The van der Waals surface area contributed by atoms with Gasteiger partial charge in [-0.1, -0.05) is 38.0 Å². The number of rotatable bonds is 29. The topological polar surface area (TPSA) is 272 Å². The number of benzene rings is 2. The Kier molecular flexibility index (Phi) is 19.8. The number of aliphatic carboxylic acids is 1. The van der Waals surface area contributed by atoms with Crippen molar-refractivity contribution in [3.63, 3.8) is 0 Å². The molecule has 0 bridgehead atoms. The highest BCUT2D eigenvalue weighted by Crippen LogP contribution is 2.50. The minimum absolute atomic E-state index is 0.00270. The van der Waals surface area contributed by atoms with E-state index in [9.17, 15) is 52.7 Å². The van der Waals surface area contributed by atoms with Gasteiger partial charge in [-0.15, -0.1) is 0 Å². The van der Waals surface area contributed by atoms with E-state index in [1.165, 1.54) is 45.6 Å². The van der Waals surface area contributed by atoms with Gasteiger partial charge in [-0.3, -0.25) is 13.9 Å². The van der Waals surface area contributed by atoms with Gasteiger partial charge in [0, 0.05) is 82.4 Å². The zero-order valence-electron chi connectivity index (χ0n) is 37.9. The number of sulfonamides is 2. The molecule has 0 saturated heterocycles. The van der Waals surface area contributed by atoms with Crippen molar-refractivity contribution in [3.8, 4) is 0 Å². The van der Waals surface area contributed by atoms with Crippen LogP contribution in [0.2, 0.25) is 0 Å². The van der Waals surface area contributed by atoms with Crippen LogP contribution in [0.5, 0.6) is 0 Å². The average molecular weight is 1000 g/mol. The molecule has 0 amide bonds. The quantitative estimate of drug-likeness (QED) is 0.0334. The molecule has 0 fully saturated rings. The van der Waals surface area contributed by atoms with Crippen molar-refractivity contribution in [1.82, 2.24) is 9.44 Å². The van der Waals surface area contributed by atoms with Gasteiger partial charge in [0.1, 0.15) is 6.61 Å². The number of unbranched alkanes of at least 4 members (excludes halogenated alkanes) is 2. The normalized spacial score (nSPS) is 19.1. The number of hydrogen-bond acceptors (Lipinski definition) is 13. The van der Waals surface area contributed by atoms with Crippen LogP contribution in [0.15, 0.2) is 82.3 Å². The van der Waals surface area contributed by atoms with Crippen molar-refractivity contribution < 1.29 is 71.5 Å². The summed E-state index contributed by atoms with van der Waals surface area (Å²) in [6.45, 7) is 4.92. The Bertz CT molecular complexity index is 2610. The second-order valence-corrected chi connectivity index (χ2v) is 22.8. The molecule has 3 unspecified atom stereocenters. The van der Waals surface area contributed by atoms with Gasteiger partial charge in [-0.05, 0) is 74.1 Å². The molecule has 2 aromatic carbocycles. The smallest absolute Gasteiger partial charge is 0.303 e. The molecule has 23 heteroatoms. The molecule has 0 aromatic heterocycles. The molecule has 66 heavy (non-hydrogen) atoms. The predicted octanol–water partition coefficient (Wildman–Crippen LogP) is 3.98. The number of carbonyl (C=O) groups is 1. The second kappa shape index (κ2) is 23.9. The summed E-state index contributed by atoms with van der Waals surface area (Å²) in [6, 6.07) is 8.36. The minimum Gasteiger partial charge on any atom is -0.481 e. The molecular weight excluding hydrogens is 941 g/mol. The van der Waals surface area contributed by atoms with Crippen LogP contribution in [-0.4, -0.2) is 143 Å². The first kappa shape index (κ1) is 54.7. The number of methoxy groups -OCH3 is 3. The lowest BCUT2D eigenvalue weighted by Gasteiger charge is -2.28. The summed E-state index contributed by atoms with van der Waals surface area (Å²) in [5, 5.41) is 9.21. The van der Waals surface area contributed by atoms with Crippen molar-refractivity contribution in [3.05, 3.63) is 83.6 Å². The Morgan fingerprint density at radius 3 is 2.06 bits per heavy atom. The van der Waals surface area contributed by atoms with Crippen molar-refractivity contribution in [2.75, 3.05) is 83.7 Å². The van der Waals surface area contributed by atoms with Crippen LogP contribution in [0.1, 0.15) is 69.4 Å². The van der Waals surface area contributed by atoms with Gasteiger partial charge in [0.2, 0.25) is 25.7 Å². The fourth-order valence-corrected chi connectivity index (χ4v) is 12.1. The molecule has 3 atom stereocenters. The third-order valence-electron chi connectivity index (χ3n) is 11.7. The number of carboxylic acid groups (broad SMARTS) is 1. The number of nitrogens with one attached hydrogen (secondary N) is 2. The van der Waals surface area contributed by atoms with Gasteiger partial charge in [0.25, 0.3) is 20.2 Å². The first-order valence-corrected chi connectivity index (χ1v) is 27.6. The van der Waals surface area contributed by atoms with E-state index in [4.69, 9.17) is 14.2 Å². The van der Waals surface area contributed by atoms with Gasteiger partial charge in [0.05, 0.1) is 39.9 Å². The second-order valence-electron chi connectivity index (χ2n) is 16.2. The van der Waals surface area contributed by atoms with Crippen LogP contribution in [-0.2, 0) is 64.7 Å². The number of hydrogen-bond donors (Lipinski definition) is 5. The summed E-state index contributed by atoms with van der Waals surface area (Å²) in [7, 11) is -12.6. The average Bonchev–Trinajstić information content (AvgIpc) is 3.67. The Hall–Kier alpha value is -3.88. The Morgan fingerprint density at radius 2 is 1.45 bits per heavy atom. The molecule has 0 saturated carbocycles. The molecule has 2 aliphatic rings. The summed E-state index contributed by atoms with van der Waals surface area (Å²) < 4.78 is 145. The van der Waals surface area contributed by atoms with E-state index in [-0.39, 0.29) is 67.0 Å². The standard InChI is InChI=1S/C43H62N4O15S4/c1-6-32(31-64(52,53)45-22-26-61-4)42-35-29-33(65(54,55)56)16-18-37(35)46(23-12-8-11-15-41(48)49)39(42)13-9-7-10-14-40-43(2,20-28-63(50,51)44-21-25-60-3)36-30-34(66(57,58)59)17-19-38(36)47(40)24-27-62-5/h7,9-10,13-14,16-19,29-30,32,42,44-45H,6,8,11-12,15,20-28,31H2,1-5H3,(H2-,48,49,54,55,56,57,58,59)/p+1. The van der Waals surface area contributed by atoms with Gasteiger partial charge in [0.15, 0.2) is 12.3 Å². The summed E-state index contributed by atoms with van der Waals surface area (Å²) in [5.41, 5.74) is 2.28. The van der Waals surface area contributed by atoms with Crippen LogP contribution >= 0.6 is 0 Å². The summed E-state index contributed by atoms with van der Waals surface area (Å²) in [4.78, 5) is 12.5. The number of anilines is 1. The van der Waals surface area contributed by atoms with E-state index in [2.05, 4.69) is 9.44 Å². The van der Waals surface area contributed by atoms with E-state index < -0.39 is 63.5 Å². The number of fused-ring (bicyclic) bond motifs is 2. The van der Waals surface area contributed by atoms with Crippen molar-refractivity contribution in [2.24, 2.45) is 5.92 Å². The highest BCUT2D eigenvalue weighted by molar-refractivity contribution is 7.89. The molecule has 2 heterocycles. The highest BCUT2D eigenvalue weighted by atomic mass is 32.2. The third-order valence-corrected chi connectivity index (χ3v) is 16.2. The Labute approximate surface area is 389 Å². The lowest BCUT2D eigenvalue weighted by atomic mass is 9.77. The van der Waals surface area contributed by atoms with Gasteiger partial charge < -0.3 is 24.2 Å². The Balaban J connectivity index is 1.85. The SMILES string of the molecule is CCC(CS(=O)(=O)NCCOC)C1\C(=C/C=C/C=C/C2=[N+](CCOC)c3ccc(S(=O)(=O)O)cc3C2(C)CCS(=O)(=O)NCCOC)N(CCCCCC(=O)O)c2ccc(S(=O)(=O)O)cc21. The zero-order chi connectivity index (χ0) is 48.9. The molecule has 19 nitrogen and oxygen atoms in total. The molecule has 2 aromatic rings. The molecule has 4 rings (SSSR count). The molecule has 0 radical (unpaired) electrons. The van der Waals surface area contributed by atoms with Crippen LogP contribution in [0, 0.1) is 5.92 Å². The van der Waals surface area contributed by atoms with E-state index in [1.807, 2.05) is 16.4 Å². The minimum atomic E-state index is -4.66. The van der Waals surface area contributed by atoms with E-state index >= 15 is 0 Å². The summed E-state index contributed by atoms with van der Waals surface area (Å²) in [6.07, 6.45) is 10.6. The number of nitrogens with zero attached hydrogens (tertiary/aromatic N) is 2. The number of allylic oxidation sites excluding steroid dienone is 6. The first-order chi connectivity index (χ1) is 31.0. The van der Waals surface area contributed by atoms with Crippen LogP contribution < -0.4 is 14.3 Å². The summed E-state index contributed by atoms with van der Waals surface area (Å²) >= 11 is 0. The molecular formula is C43H63N4O15S4+. The van der Waals surface area contributed by atoms with Crippen LogP contribution in [0.4, 0.5) is 11.4 Å². The first-order valence-electron chi connectivity index (χ1n) is 21.4. The lowest BCUT2D eigenvalue weighted by Crippen LogP contribution is -2.37. The maximum atomic E-state index is 13.4. The van der Waals surface area contributed by atoms with E-state index in [1.54, 1.807) is 49.4 Å². The van der Waals surface area contributed by atoms with Crippen LogP contribution in [0.3, 0.4) is 0 Å². The number of ether oxygens (including phenoxy) is 3. The van der Waals surface area contributed by atoms with Gasteiger partial charge in [-0.25, -0.2) is 26.3 Å². The van der Waals surface area contributed by atoms with Crippen molar-refractivity contribution in [1.29, 1.82) is 0 Å². The highest BCUT2D eigenvalue weighted by Gasteiger charge is 2.48. The van der Waals surface area contributed by atoms with E-state index in [0.29, 0.717) is 72.7 Å². The van der Waals surface area contributed by atoms with Crippen molar-refractivity contribution >= 4 is 63.3 Å². The monoisotopic (exact) mass is 1000 g/mol. The van der Waals surface area contributed by atoms with E-state index in [0.717, 1.165) is 0 Å². The molecule has 368 valence electrons. The fraction of sp³-hybridized carbons (Fsp3) is 0.535. The largest absolute Gasteiger partial charge is 0.481 e. The maximum Gasteiger partial charge on any atom is 0.303 e.